The zero-order chi connectivity index (χ0) is 32.3. The van der Waals surface area contributed by atoms with E-state index in [1.807, 2.05) is 19.2 Å². The number of Topliss-reactive ketones (excluding diaryl/α,β-unsaturated/α-hetero) is 1. The molecule has 1 saturated heterocycles. The number of anilines is 1. The van der Waals surface area contributed by atoms with Crippen molar-refractivity contribution in [3.05, 3.63) is 59.0 Å². The lowest BCUT2D eigenvalue weighted by atomic mass is 9.71. The van der Waals surface area contributed by atoms with Gasteiger partial charge in [-0.2, -0.15) is 21.1 Å². The van der Waals surface area contributed by atoms with Gasteiger partial charge in [0.2, 0.25) is 11.5 Å². The summed E-state index contributed by atoms with van der Waals surface area (Å²) in [5.41, 5.74) is 7.08. The number of thioether (sulfide) groups is 1. The van der Waals surface area contributed by atoms with Crippen LogP contribution in [0, 0.1) is 5.92 Å². The first-order valence-electron chi connectivity index (χ1n) is 14.1. The van der Waals surface area contributed by atoms with E-state index in [0.717, 1.165) is 17.1 Å². The van der Waals surface area contributed by atoms with Crippen LogP contribution in [0.5, 0.6) is 5.75 Å². The molecular formula is C29H35IN6O8S2. The number of oxime groups is 1. The second-order valence-electron chi connectivity index (χ2n) is 11.3. The molecule has 3 heterocycles. The molecule has 5 rings (SSSR count). The summed E-state index contributed by atoms with van der Waals surface area (Å²) in [6, 6.07) is 6.21. The van der Waals surface area contributed by atoms with Crippen molar-refractivity contribution in [3.63, 3.8) is 0 Å². The average molecular weight is 787 g/mol. The van der Waals surface area contributed by atoms with E-state index in [4.69, 9.17) is 20.0 Å². The molecule has 0 bridgehead atoms. The third-order valence-corrected chi connectivity index (χ3v) is 9.96. The Morgan fingerprint density at radius 2 is 1.89 bits per heavy atom. The van der Waals surface area contributed by atoms with Crippen LogP contribution >= 0.6 is 23.3 Å². The number of ketones is 1. The number of nitrogens with one attached hydrogen (secondary N) is 1. The third kappa shape index (κ3) is 7.71. The largest absolute Gasteiger partial charge is 1.00 e. The summed E-state index contributed by atoms with van der Waals surface area (Å²) in [4.78, 5) is 49.1. The fourth-order valence-electron chi connectivity index (χ4n) is 5.69. The van der Waals surface area contributed by atoms with Crippen LogP contribution in [0.15, 0.2) is 52.7 Å². The molecule has 1 aliphatic carbocycles. The first-order chi connectivity index (χ1) is 21.5. The van der Waals surface area contributed by atoms with Gasteiger partial charge in [-0.3, -0.25) is 9.59 Å². The number of hydrogen-bond acceptors (Lipinski definition) is 14. The smallest absolute Gasteiger partial charge is 0.335 e. The first kappa shape index (κ1) is 35.7. The van der Waals surface area contributed by atoms with Gasteiger partial charge in [0.05, 0.1) is 32.2 Å². The number of amides is 1. The van der Waals surface area contributed by atoms with Crippen molar-refractivity contribution < 1.29 is 67.4 Å². The van der Waals surface area contributed by atoms with E-state index < -0.39 is 41.3 Å². The van der Waals surface area contributed by atoms with Gasteiger partial charge in [-0.1, -0.05) is 23.4 Å². The lowest BCUT2D eigenvalue weighted by Crippen LogP contribution is -3.00. The Kier molecular flexibility index (Phi) is 11.8. The Balaban J connectivity index is 0.00000480. The van der Waals surface area contributed by atoms with Crippen LogP contribution in [0.3, 0.4) is 0 Å². The van der Waals surface area contributed by atoms with Crippen molar-refractivity contribution in [2.75, 3.05) is 52.4 Å². The van der Waals surface area contributed by atoms with Gasteiger partial charge in [0, 0.05) is 22.5 Å². The number of quaternary nitrogens is 1. The maximum absolute atomic E-state index is 13.6. The van der Waals surface area contributed by atoms with Gasteiger partial charge in [-0.05, 0) is 29.3 Å². The van der Waals surface area contributed by atoms with Gasteiger partial charge in [-0.15, -0.1) is 0 Å². The number of nitrogens with two attached hydrogens (primary N) is 1. The predicted molar refractivity (Wildman–Crippen MR) is 166 cm³/mol. The van der Waals surface area contributed by atoms with Crippen LogP contribution in [0.2, 0.25) is 0 Å². The minimum atomic E-state index is -0.891. The van der Waals surface area contributed by atoms with Gasteiger partial charge in [0.1, 0.15) is 50.8 Å². The lowest BCUT2D eigenvalue weighted by molar-refractivity contribution is -0.894. The number of likely N-dealkylation sites (N-methyl/N-ethyl adjacent to an activating group) is 1. The Bertz CT molecular complexity index is 1540. The molecule has 0 radical (unpaired) electrons. The maximum atomic E-state index is 13.6. The van der Waals surface area contributed by atoms with E-state index in [1.54, 1.807) is 31.4 Å². The molecule has 2 aliphatic heterocycles. The number of hydrogen-bond donors (Lipinski definition) is 4. The molecule has 2 fully saturated rings. The number of allylic oxidation sites excluding steroid dienone is 1. The Morgan fingerprint density at radius 1 is 1.20 bits per heavy atom. The summed E-state index contributed by atoms with van der Waals surface area (Å²) in [7, 11) is 4.77. The molecule has 2 aromatic rings. The van der Waals surface area contributed by atoms with E-state index >= 15 is 0 Å². The minimum Gasteiger partial charge on any atom is -1.00 e. The van der Waals surface area contributed by atoms with Crippen LogP contribution in [-0.4, -0.2) is 118 Å². The number of aliphatic hydroxyl groups is 2. The summed E-state index contributed by atoms with van der Waals surface area (Å²) in [5, 5.41) is 26.2. The Morgan fingerprint density at radius 3 is 2.50 bits per heavy atom. The van der Waals surface area contributed by atoms with Crippen molar-refractivity contribution in [2.45, 2.75) is 30.1 Å². The molecule has 248 valence electrons. The standard InChI is InChI=1S/C29H34N6O8S2.HI/c1-35(11-18(36)19(37)12-35)10-4-5-16-14-44-25-21(20(16)28(40)43-13-15-6-8-17(41-2)9-7-15)24(38)22(25)31-27(39)23(33-42-3)26-32-29(30)45-34-26;/h4-9,18-19,21-22,25,36-37H,10-14H2,1-3H3,(H2-,30,31,32,34,39);1H/b5-4+,33-23-;/t18-,19-,21?,22+,25-;/m0./s1. The fourth-order valence-corrected chi connectivity index (χ4v) is 7.60. The number of aromatic nitrogens is 2. The molecule has 3 aliphatic rings. The monoisotopic (exact) mass is 786 g/mol. The number of aliphatic hydroxyl groups excluding tert-OH is 2. The molecule has 0 spiro atoms. The third-order valence-electron chi connectivity index (χ3n) is 8.01. The number of benzene rings is 1. The molecule has 5 atom stereocenters. The van der Waals surface area contributed by atoms with Gasteiger partial charge < -0.3 is 64.0 Å². The predicted octanol–water partition coefficient (Wildman–Crippen LogP) is -2.94. The number of ether oxygens (including phenoxy) is 2. The van der Waals surface area contributed by atoms with Gasteiger partial charge in [-0.25, -0.2) is 4.79 Å². The molecule has 1 amide bonds. The van der Waals surface area contributed by atoms with Crippen LogP contribution in [-0.2, 0) is 30.6 Å². The number of likely N-dealkylation sites (tertiary alicyclic amines) is 1. The average Bonchev–Trinajstić information content (AvgIpc) is 3.57. The number of nitrogens with zero attached hydrogens (tertiary/aromatic N) is 4. The number of carbonyl (C=O) groups is 3. The number of methoxy groups -OCH3 is 1. The topological polar surface area (TPSA) is 196 Å². The Labute approximate surface area is 290 Å². The van der Waals surface area contributed by atoms with Crippen molar-refractivity contribution >= 4 is 51.8 Å². The number of rotatable bonds is 11. The highest BCUT2D eigenvalue weighted by atomic mass is 127. The van der Waals surface area contributed by atoms with Crippen LogP contribution in [0.25, 0.3) is 0 Å². The molecule has 1 aromatic heterocycles. The second kappa shape index (κ2) is 15.2. The molecule has 1 unspecified atom stereocenters. The zero-order valence-electron chi connectivity index (χ0n) is 25.3. The first-order valence-corrected chi connectivity index (χ1v) is 15.9. The number of nitrogen functional groups attached to an aromatic ring is 1. The van der Waals surface area contributed by atoms with Gasteiger partial charge in [0.25, 0.3) is 5.91 Å². The highest BCUT2D eigenvalue weighted by Gasteiger charge is 2.56. The number of carbonyl (C=O) groups excluding carboxylic acids is 3. The fraction of sp³-hybridized carbons (Fsp3) is 0.448. The highest BCUT2D eigenvalue weighted by molar-refractivity contribution is 8.00. The molecule has 5 N–H and O–H groups in total. The highest BCUT2D eigenvalue weighted by Crippen LogP contribution is 2.46. The maximum Gasteiger partial charge on any atom is 0.335 e. The summed E-state index contributed by atoms with van der Waals surface area (Å²) in [5.74, 6) is -1.43. The van der Waals surface area contributed by atoms with E-state index in [9.17, 15) is 24.6 Å². The second-order valence-corrected chi connectivity index (χ2v) is 13.2. The van der Waals surface area contributed by atoms with E-state index in [1.165, 1.54) is 18.9 Å². The SMILES string of the molecule is CO/N=C(\C(=O)N[C@@H]1C(=O)C2C(C(=O)OCc3ccc(OC)cc3)=C(/C=C/C[N+]3(C)C[C@H](O)[C@@H](O)C3)CS[C@@H]21)c1nsc(N)n1.[I-]. The van der Waals surface area contributed by atoms with Gasteiger partial charge in [0.15, 0.2) is 10.9 Å². The molecular weight excluding hydrogens is 751 g/mol. The van der Waals surface area contributed by atoms with Gasteiger partial charge >= 0.3 is 5.97 Å². The molecule has 1 saturated carbocycles. The van der Waals surface area contributed by atoms with E-state index in [-0.39, 0.29) is 58.6 Å². The summed E-state index contributed by atoms with van der Waals surface area (Å²) < 4.78 is 15.3. The zero-order valence-corrected chi connectivity index (χ0v) is 29.1. The molecule has 14 nitrogen and oxygen atoms in total. The minimum absolute atomic E-state index is 0. The quantitative estimate of drug-likeness (QED) is 0.0597. The summed E-state index contributed by atoms with van der Waals surface area (Å²) >= 11 is 2.34. The van der Waals surface area contributed by atoms with E-state index in [2.05, 4.69) is 19.8 Å². The van der Waals surface area contributed by atoms with Crippen molar-refractivity contribution in [1.82, 2.24) is 14.7 Å². The lowest BCUT2D eigenvalue weighted by Gasteiger charge is -2.46. The van der Waals surface area contributed by atoms with Crippen molar-refractivity contribution in [1.29, 1.82) is 0 Å². The van der Waals surface area contributed by atoms with Crippen LogP contribution in [0.1, 0.15) is 11.4 Å². The van der Waals surface area contributed by atoms with E-state index in [0.29, 0.717) is 41.2 Å². The summed E-state index contributed by atoms with van der Waals surface area (Å²) in [6.07, 6.45) is 2.11. The normalized spacial score (nSPS) is 25.4. The van der Waals surface area contributed by atoms with Crippen molar-refractivity contribution in [3.8, 4) is 5.75 Å². The molecule has 1 aromatic carbocycles. The molecule has 46 heavy (non-hydrogen) atoms. The van der Waals surface area contributed by atoms with Crippen molar-refractivity contribution in [2.24, 2.45) is 11.1 Å². The van der Waals surface area contributed by atoms with Crippen LogP contribution in [0.4, 0.5) is 5.13 Å². The number of esters is 1. The number of halogens is 1. The van der Waals surface area contributed by atoms with Crippen LogP contribution < -0.4 is 39.8 Å². The summed E-state index contributed by atoms with van der Waals surface area (Å²) in [6.45, 7) is 1.30. The molecule has 17 heteroatoms. The Hall–Kier alpha value is -3.10. The number of fused-ring (bicyclic) bond motifs is 1.